The van der Waals surface area contributed by atoms with E-state index in [1.165, 1.54) is 38.5 Å². The Morgan fingerprint density at radius 3 is 2.76 bits per heavy atom. The van der Waals surface area contributed by atoms with Gasteiger partial charge in [0.25, 0.3) is 0 Å². The Kier molecular flexibility index (Phi) is 10.7. The van der Waals surface area contributed by atoms with Crippen LogP contribution >= 0.6 is 0 Å². The number of β-amino-alcohol motifs (C(OH)–C–C–N with tert-alkyl or cyclic N) is 1. The number of carbonyl (C=O) groups excluding carboxylic acids is 1. The van der Waals surface area contributed by atoms with Gasteiger partial charge in [0.05, 0.1) is 43.9 Å². The molecule has 0 aromatic rings. The maximum atomic E-state index is 12.8. The first-order valence-corrected chi connectivity index (χ1v) is 15.4. The number of aliphatic hydroxyl groups is 1. The Hall–Kier alpha value is -0.850. The Balaban J connectivity index is 0.966. The predicted octanol–water partition coefficient (Wildman–Crippen LogP) is 0.463. The number of aliphatic hydroxyl groups excluding tert-OH is 1. The first-order valence-electron chi connectivity index (χ1n) is 15.4. The second-order valence-electron chi connectivity index (χ2n) is 12.5. The SMILES string of the molecule is CC1NCOC1COC1CCC2CN(C[C@@H](O)CNC(=O)C3CC(NC4CCCCC4)NCN3)CCC2C1. The van der Waals surface area contributed by atoms with Gasteiger partial charge in [-0.05, 0) is 63.8 Å². The second kappa shape index (κ2) is 14.2. The Labute approximate surface area is 228 Å². The molecule has 10 nitrogen and oxygen atoms in total. The fourth-order valence-corrected chi connectivity index (χ4v) is 7.24. The number of rotatable bonds is 10. The number of piperidine rings is 1. The monoisotopic (exact) mass is 536 g/mol. The topological polar surface area (TPSA) is 119 Å². The van der Waals surface area contributed by atoms with Crippen molar-refractivity contribution in [3.63, 3.8) is 0 Å². The third kappa shape index (κ3) is 8.10. The number of hydrogen-bond acceptors (Lipinski definition) is 9. The summed E-state index contributed by atoms with van der Waals surface area (Å²) in [6.45, 7) is 7.08. The summed E-state index contributed by atoms with van der Waals surface area (Å²) in [6, 6.07) is 0.698. The van der Waals surface area contributed by atoms with Crippen LogP contribution in [0.2, 0.25) is 0 Å². The van der Waals surface area contributed by atoms with Gasteiger partial charge >= 0.3 is 0 Å². The van der Waals surface area contributed by atoms with Crippen LogP contribution in [-0.4, -0.2) is 105 Å². The van der Waals surface area contributed by atoms with E-state index in [1.807, 2.05) is 0 Å². The molecule has 218 valence electrons. The molecule has 0 aromatic carbocycles. The van der Waals surface area contributed by atoms with Gasteiger partial charge in [0.2, 0.25) is 5.91 Å². The molecule has 0 radical (unpaired) electrons. The Morgan fingerprint density at radius 2 is 1.95 bits per heavy atom. The number of hydrogen-bond donors (Lipinski definition) is 6. The van der Waals surface area contributed by atoms with E-state index in [9.17, 15) is 9.90 Å². The van der Waals surface area contributed by atoms with E-state index >= 15 is 0 Å². The van der Waals surface area contributed by atoms with Crippen molar-refractivity contribution in [1.82, 2.24) is 31.5 Å². The van der Waals surface area contributed by atoms with Crippen LogP contribution in [0.5, 0.6) is 0 Å². The van der Waals surface area contributed by atoms with Gasteiger partial charge in [-0.1, -0.05) is 19.3 Å². The molecular formula is C28H52N6O4. The highest BCUT2D eigenvalue weighted by molar-refractivity contribution is 5.81. The molecule has 38 heavy (non-hydrogen) atoms. The molecule has 0 bridgehead atoms. The highest BCUT2D eigenvalue weighted by Gasteiger charge is 2.36. The van der Waals surface area contributed by atoms with Crippen molar-refractivity contribution < 1.29 is 19.4 Å². The maximum Gasteiger partial charge on any atom is 0.237 e. The van der Waals surface area contributed by atoms with Gasteiger partial charge < -0.3 is 24.8 Å². The molecule has 3 heterocycles. The molecule has 5 aliphatic rings. The molecule has 2 aliphatic carbocycles. The second-order valence-corrected chi connectivity index (χ2v) is 12.5. The Bertz CT molecular complexity index is 740. The van der Waals surface area contributed by atoms with Gasteiger partial charge in [-0.15, -0.1) is 0 Å². The minimum Gasteiger partial charge on any atom is -0.390 e. The number of ether oxygens (including phenoxy) is 2. The van der Waals surface area contributed by atoms with E-state index in [1.54, 1.807) is 0 Å². The van der Waals surface area contributed by atoms with Gasteiger partial charge in [0.15, 0.2) is 0 Å². The van der Waals surface area contributed by atoms with Crippen molar-refractivity contribution in [3.05, 3.63) is 0 Å². The fourth-order valence-electron chi connectivity index (χ4n) is 7.24. The first kappa shape index (κ1) is 28.7. The van der Waals surface area contributed by atoms with E-state index in [0.717, 1.165) is 38.8 Å². The normalized spacial score (nSPS) is 38.0. The van der Waals surface area contributed by atoms with Gasteiger partial charge in [-0.25, -0.2) is 0 Å². The number of amides is 1. The molecule has 6 N–H and O–H groups in total. The van der Waals surface area contributed by atoms with E-state index in [-0.39, 0.29) is 24.2 Å². The van der Waals surface area contributed by atoms with E-state index < -0.39 is 6.10 Å². The largest absolute Gasteiger partial charge is 0.390 e. The Morgan fingerprint density at radius 1 is 1.08 bits per heavy atom. The van der Waals surface area contributed by atoms with Crippen molar-refractivity contribution in [2.24, 2.45) is 11.8 Å². The smallest absolute Gasteiger partial charge is 0.237 e. The zero-order chi connectivity index (χ0) is 26.3. The summed E-state index contributed by atoms with van der Waals surface area (Å²) in [5, 5.41) is 27.5. The molecule has 1 amide bonds. The van der Waals surface area contributed by atoms with Crippen molar-refractivity contribution in [2.45, 2.75) is 114 Å². The third-order valence-corrected chi connectivity index (χ3v) is 9.66. The van der Waals surface area contributed by atoms with Crippen molar-refractivity contribution >= 4 is 5.91 Å². The zero-order valence-corrected chi connectivity index (χ0v) is 23.3. The summed E-state index contributed by atoms with van der Waals surface area (Å²) in [7, 11) is 0. The van der Waals surface area contributed by atoms with Crippen LogP contribution in [0.4, 0.5) is 0 Å². The predicted molar refractivity (Wildman–Crippen MR) is 146 cm³/mol. The molecule has 5 rings (SSSR count). The highest BCUT2D eigenvalue weighted by Crippen LogP contribution is 2.37. The molecule has 3 saturated heterocycles. The average Bonchev–Trinajstić information content (AvgIpc) is 3.35. The standard InChI is InChI=1S/C28H52N6O4/c1-19-26(38-18-32-19)16-37-24-8-7-21-14-34(10-9-20(21)11-24)15-23(35)13-29-28(36)25-12-27(31-17-30-25)33-22-5-3-2-4-6-22/h19-27,30-33,35H,2-18H2,1H3,(H,29,36)/t19?,20?,21?,23-,24?,25?,26?,27?/m0/s1. The lowest BCUT2D eigenvalue weighted by atomic mass is 9.74. The molecule has 7 unspecified atom stereocenters. The van der Waals surface area contributed by atoms with Crippen LogP contribution in [-0.2, 0) is 14.3 Å². The van der Waals surface area contributed by atoms with Gasteiger partial charge in [0, 0.05) is 44.8 Å². The summed E-state index contributed by atoms with van der Waals surface area (Å²) in [5.41, 5.74) is 0. The van der Waals surface area contributed by atoms with Gasteiger partial charge in [-0.2, -0.15) is 0 Å². The number of carbonyl (C=O) groups is 1. The number of nitrogens with one attached hydrogen (secondary N) is 5. The summed E-state index contributed by atoms with van der Waals surface area (Å²) >= 11 is 0. The fraction of sp³-hybridized carbons (Fsp3) is 0.964. The highest BCUT2D eigenvalue weighted by atomic mass is 16.5. The molecular weight excluding hydrogens is 484 g/mol. The minimum absolute atomic E-state index is 0.00814. The number of fused-ring (bicyclic) bond motifs is 1. The number of nitrogens with zero attached hydrogens (tertiary/aromatic N) is 1. The van der Waals surface area contributed by atoms with E-state index in [2.05, 4.69) is 38.4 Å². The molecule has 10 heteroatoms. The molecule has 0 aromatic heterocycles. The van der Waals surface area contributed by atoms with Crippen LogP contribution in [0.15, 0.2) is 0 Å². The minimum atomic E-state index is -0.546. The van der Waals surface area contributed by atoms with Crippen LogP contribution in [0.25, 0.3) is 0 Å². The quantitative estimate of drug-likeness (QED) is 0.237. The summed E-state index contributed by atoms with van der Waals surface area (Å²) in [4.78, 5) is 15.2. The van der Waals surface area contributed by atoms with Gasteiger partial charge in [0.1, 0.15) is 0 Å². The summed E-state index contributed by atoms with van der Waals surface area (Å²) in [6.07, 6.45) is 11.9. The van der Waals surface area contributed by atoms with Crippen LogP contribution in [0, 0.1) is 11.8 Å². The lowest BCUT2D eigenvalue weighted by Crippen LogP contribution is -2.62. The molecule has 8 atom stereocenters. The van der Waals surface area contributed by atoms with Crippen molar-refractivity contribution in [2.75, 3.05) is 46.2 Å². The molecule has 3 aliphatic heterocycles. The lowest BCUT2D eigenvalue weighted by molar-refractivity contribution is -0.124. The molecule has 5 fully saturated rings. The summed E-state index contributed by atoms with van der Waals surface area (Å²) in [5.74, 6) is 1.38. The van der Waals surface area contributed by atoms with E-state index in [0.29, 0.717) is 63.1 Å². The zero-order valence-electron chi connectivity index (χ0n) is 23.3. The third-order valence-electron chi connectivity index (χ3n) is 9.66. The first-order chi connectivity index (χ1) is 18.5. The van der Waals surface area contributed by atoms with Crippen molar-refractivity contribution in [3.8, 4) is 0 Å². The van der Waals surface area contributed by atoms with Crippen LogP contribution < -0.4 is 26.6 Å². The average molecular weight is 537 g/mol. The van der Waals surface area contributed by atoms with Crippen LogP contribution in [0.1, 0.15) is 71.1 Å². The van der Waals surface area contributed by atoms with Gasteiger partial charge in [-0.3, -0.25) is 26.1 Å². The van der Waals surface area contributed by atoms with E-state index in [4.69, 9.17) is 9.47 Å². The molecule has 2 saturated carbocycles. The maximum absolute atomic E-state index is 12.8. The lowest BCUT2D eigenvalue weighted by Gasteiger charge is -2.44. The molecule has 0 spiro atoms. The summed E-state index contributed by atoms with van der Waals surface area (Å²) < 4.78 is 12.0. The number of likely N-dealkylation sites (tertiary alicyclic amines) is 1. The van der Waals surface area contributed by atoms with Crippen LogP contribution in [0.3, 0.4) is 0 Å². The van der Waals surface area contributed by atoms with Crippen molar-refractivity contribution in [1.29, 1.82) is 0 Å².